The van der Waals surface area contributed by atoms with Crippen molar-refractivity contribution in [2.75, 3.05) is 26.7 Å². The minimum absolute atomic E-state index is 0.00120. The summed E-state index contributed by atoms with van der Waals surface area (Å²) in [7, 11) is 1.61. The first-order chi connectivity index (χ1) is 6.52. The lowest BCUT2D eigenvalue weighted by Gasteiger charge is -2.21. The van der Waals surface area contributed by atoms with Gasteiger partial charge in [0.25, 0.3) is 0 Å². The van der Waals surface area contributed by atoms with Crippen molar-refractivity contribution in [3.05, 3.63) is 0 Å². The molecule has 1 rings (SSSR count). The zero-order valence-corrected chi connectivity index (χ0v) is 8.62. The SMILES string of the molecule is CC1CNCC1C(=O)N(C)CC(N)=O. The third-order valence-corrected chi connectivity index (χ3v) is 2.60. The maximum Gasteiger partial charge on any atom is 0.237 e. The third kappa shape index (κ3) is 2.45. The molecule has 2 amide bonds. The van der Waals surface area contributed by atoms with Crippen molar-refractivity contribution in [2.24, 2.45) is 17.6 Å². The molecule has 0 aromatic heterocycles. The van der Waals surface area contributed by atoms with Gasteiger partial charge in [-0.2, -0.15) is 0 Å². The van der Waals surface area contributed by atoms with Crippen LogP contribution >= 0.6 is 0 Å². The van der Waals surface area contributed by atoms with E-state index >= 15 is 0 Å². The van der Waals surface area contributed by atoms with E-state index in [1.807, 2.05) is 6.92 Å². The average molecular weight is 199 g/mol. The highest BCUT2D eigenvalue weighted by Crippen LogP contribution is 2.17. The Kier molecular flexibility index (Phi) is 3.46. The number of hydrogen-bond donors (Lipinski definition) is 2. The van der Waals surface area contributed by atoms with Crippen LogP contribution in [0.1, 0.15) is 6.92 Å². The van der Waals surface area contributed by atoms with E-state index in [1.54, 1.807) is 7.05 Å². The largest absolute Gasteiger partial charge is 0.368 e. The fourth-order valence-corrected chi connectivity index (χ4v) is 1.74. The van der Waals surface area contributed by atoms with Crippen molar-refractivity contribution in [1.82, 2.24) is 10.2 Å². The summed E-state index contributed by atoms with van der Waals surface area (Å²) in [4.78, 5) is 23.8. The number of rotatable bonds is 3. The number of amides is 2. The number of hydrogen-bond acceptors (Lipinski definition) is 3. The molecule has 0 aliphatic carbocycles. The molecule has 0 radical (unpaired) electrons. The molecule has 1 aliphatic heterocycles. The van der Waals surface area contributed by atoms with E-state index < -0.39 is 5.91 Å². The number of nitrogens with zero attached hydrogens (tertiary/aromatic N) is 1. The van der Waals surface area contributed by atoms with Gasteiger partial charge in [0, 0.05) is 13.6 Å². The van der Waals surface area contributed by atoms with Crippen LogP contribution in [0.4, 0.5) is 0 Å². The van der Waals surface area contributed by atoms with Crippen molar-refractivity contribution in [3.63, 3.8) is 0 Å². The predicted octanol–water partition coefficient (Wildman–Crippen LogP) is -1.21. The number of nitrogens with two attached hydrogens (primary N) is 1. The Hall–Kier alpha value is -1.10. The molecule has 1 fully saturated rings. The molecule has 1 heterocycles. The van der Waals surface area contributed by atoms with Crippen molar-refractivity contribution >= 4 is 11.8 Å². The Bertz CT molecular complexity index is 242. The van der Waals surface area contributed by atoms with Crippen molar-refractivity contribution in [2.45, 2.75) is 6.92 Å². The first-order valence-electron chi connectivity index (χ1n) is 4.76. The third-order valence-electron chi connectivity index (χ3n) is 2.60. The van der Waals surface area contributed by atoms with Crippen LogP contribution in [0.2, 0.25) is 0 Å². The van der Waals surface area contributed by atoms with E-state index in [2.05, 4.69) is 5.32 Å². The second-order valence-corrected chi connectivity index (χ2v) is 3.90. The lowest BCUT2D eigenvalue weighted by molar-refractivity contribution is -0.137. The van der Waals surface area contributed by atoms with Crippen LogP contribution in [0, 0.1) is 11.8 Å². The van der Waals surface area contributed by atoms with Gasteiger partial charge in [0.05, 0.1) is 12.5 Å². The second-order valence-electron chi connectivity index (χ2n) is 3.90. The van der Waals surface area contributed by atoms with Crippen LogP contribution in [0.5, 0.6) is 0 Å². The monoisotopic (exact) mass is 199 g/mol. The normalized spacial score (nSPS) is 26.1. The van der Waals surface area contributed by atoms with E-state index in [4.69, 9.17) is 5.73 Å². The molecule has 14 heavy (non-hydrogen) atoms. The average Bonchev–Trinajstić information content (AvgIpc) is 2.48. The molecule has 1 saturated heterocycles. The van der Waals surface area contributed by atoms with Gasteiger partial charge >= 0.3 is 0 Å². The summed E-state index contributed by atoms with van der Waals surface area (Å²) in [6, 6.07) is 0. The van der Waals surface area contributed by atoms with Gasteiger partial charge in [0.2, 0.25) is 11.8 Å². The van der Waals surface area contributed by atoms with Crippen molar-refractivity contribution < 1.29 is 9.59 Å². The molecule has 0 aromatic rings. The maximum atomic E-state index is 11.8. The zero-order chi connectivity index (χ0) is 10.7. The van der Waals surface area contributed by atoms with Gasteiger partial charge in [-0.3, -0.25) is 9.59 Å². The molecule has 80 valence electrons. The standard InChI is InChI=1S/C9H17N3O2/c1-6-3-11-4-7(6)9(14)12(2)5-8(10)13/h6-7,11H,3-5H2,1-2H3,(H2,10,13). The number of carbonyl (C=O) groups excluding carboxylic acids is 2. The van der Waals surface area contributed by atoms with Gasteiger partial charge in [0.1, 0.15) is 0 Å². The Morgan fingerprint density at radius 1 is 1.50 bits per heavy atom. The lowest BCUT2D eigenvalue weighted by atomic mass is 9.97. The fourth-order valence-electron chi connectivity index (χ4n) is 1.74. The highest BCUT2D eigenvalue weighted by atomic mass is 16.2. The first kappa shape index (κ1) is 11.0. The minimum atomic E-state index is -0.473. The van der Waals surface area contributed by atoms with Gasteiger partial charge in [-0.1, -0.05) is 6.92 Å². The highest BCUT2D eigenvalue weighted by molar-refractivity contribution is 5.85. The van der Waals surface area contributed by atoms with Crippen molar-refractivity contribution in [1.29, 1.82) is 0 Å². The van der Waals surface area contributed by atoms with Crippen LogP contribution < -0.4 is 11.1 Å². The maximum absolute atomic E-state index is 11.8. The molecule has 0 saturated carbocycles. The van der Waals surface area contributed by atoms with Crippen LogP contribution in [-0.2, 0) is 9.59 Å². The fraction of sp³-hybridized carbons (Fsp3) is 0.778. The Balaban J connectivity index is 2.51. The molecule has 2 atom stereocenters. The van der Waals surface area contributed by atoms with E-state index in [1.165, 1.54) is 4.90 Å². The molecular formula is C9H17N3O2. The van der Waals surface area contributed by atoms with Gasteiger partial charge in [-0.15, -0.1) is 0 Å². The van der Waals surface area contributed by atoms with Crippen LogP contribution in [0.3, 0.4) is 0 Å². The number of carbonyl (C=O) groups is 2. The molecule has 1 aliphatic rings. The molecule has 2 unspecified atom stereocenters. The molecular weight excluding hydrogens is 182 g/mol. The summed E-state index contributed by atoms with van der Waals surface area (Å²) in [5.74, 6) is -0.155. The topological polar surface area (TPSA) is 75.4 Å². The smallest absolute Gasteiger partial charge is 0.237 e. The summed E-state index contributed by atoms with van der Waals surface area (Å²) >= 11 is 0. The van der Waals surface area contributed by atoms with Gasteiger partial charge < -0.3 is 16.0 Å². The zero-order valence-electron chi connectivity index (χ0n) is 8.62. The molecule has 0 spiro atoms. The van der Waals surface area contributed by atoms with Gasteiger partial charge in [-0.25, -0.2) is 0 Å². The van der Waals surface area contributed by atoms with Gasteiger partial charge in [-0.05, 0) is 12.5 Å². The number of nitrogens with one attached hydrogen (secondary N) is 1. The number of likely N-dealkylation sites (N-methyl/N-ethyl adjacent to an activating group) is 1. The van der Waals surface area contributed by atoms with E-state index in [0.29, 0.717) is 12.5 Å². The first-order valence-corrected chi connectivity index (χ1v) is 4.76. The summed E-state index contributed by atoms with van der Waals surface area (Å²) in [6.45, 7) is 3.59. The molecule has 0 bridgehead atoms. The lowest BCUT2D eigenvalue weighted by Crippen LogP contribution is -2.40. The summed E-state index contributed by atoms with van der Waals surface area (Å²) < 4.78 is 0. The van der Waals surface area contributed by atoms with E-state index in [9.17, 15) is 9.59 Å². The molecule has 0 aromatic carbocycles. The minimum Gasteiger partial charge on any atom is -0.368 e. The Labute approximate surface area is 83.6 Å². The second kappa shape index (κ2) is 4.41. The summed E-state index contributed by atoms with van der Waals surface area (Å²) in [5, 5.41) is 3.15. The molecule has 5 nitrogen and oxygen atoms in total. The summed E-state index contributed by atoms with van der Waals surface area (Å²) in [6.07, 6.45) is 0. The molecule has 5 heteroatoms. The van der Waals surface area contributed by atoms with Crippen LogP contribution in [0.15, 0.2) is 0 Å². The molecule has 3 N–H and O–H groups in total. The Morgan fingerprint density at radius 3 is 2.57 bits per heavy atom. The van der Waals surface area contributed by atoms with E-state index in [0.717, 1.165) is 6.54 Å². The van der Waals surface area contributed by atoms with Gasteiger partial charge in [0.15, 0.2) is 0 Å². The quantitative estimate of drug-likeness (QED) is 0.598. The van der Waals surface area contributed by atoms with Crippen LogP contribution in [-0.4, -0.2) is 43.4 Å². The summed E-state index contributed by atoms with van der Waals surface area (Å²) in [5.41, 5.74) is 5.02. The van der Waals surface area contributed by atoms with Crippen LogP contribution in [0.25, 0.3) is 0 Å². The highest BCUT2D eigenvalue weighted by Gasteiger charge is 2.31. The Morgan fingerprint density at radius 2 is 2.14 bits per heavy atom. The van der Waals surface area contributed by atoms with Crippen molar-refractivity contribution in [3.8, 4) is 0 Å². The van der Waals surface area contributed by atoms with E-state index in [-0.39, 0.29) is 18.4 Å². The number of primary amides is 1. The predicted molar refractivity (Wildman–Crippen MR) is 52.4 cm³/mol.